The largest absolute Gasteiger partial charge is 0.508 e. The number of phenols is 1. The number of piperazine rings is 1. The highest BCUT2D eigenvalue weighted by Gasteiger charge is 2.06. The summed E-state index contributed by atoms with van der Waals surface area (Å²) in [5.41, 5.74) is 1.07. The lowest BCUT2D eigenvalue weighted by atomic mass is 10.1. The Hall–Kier alpha value is -1.50. The van der Waals surface area contributed by atoms with E-state index < -0.39 is 0 Å². The van der Waals surface area contributed by atoms with Gasteiger partial charge in [-0.05, 0) is 17.7 Å². The molecule has 1 saturated heterocycles. The molecule has 0 amide bonds. The monoisotopic (exact) mass is 230 g/mol. The summed E-state index contributed by atoms with van der Waals surface area (Å²) in [5.74, 6) is 6.65. The first-order valence-corrected chi connectivity index (χ1v) is 6.01. The number of hydrogen-bond acceptors (Lipinski definition) is 3. The van der Waals surface area contributed by atoms with Crippen LogP contribution in [0.4, 0.5) is 0 Å². The molecule has 0 bridgehead atoms. The van der Waals surface area contributed by atoms with Crippen LogP contribution in [0.25, 0.3) is 0 Å². The van der Waals surface area contributed by atoms with Gasteiger partial charge in [-0.3, -0.25) is 4.90 Å². The molecule has 1 fully saturated rings. The molecule has 2 N–H and O–H groups in total. The van der Waals surface area contributed by atoms with Gasteiger partial charge in [-0.1, -0.05) is 24.0 Å². The lowest BCUT2D eigenvalue weighted by molar-refractivity contribution is 0.268. The number of phenolic OH excluding ortho intramolecular Hbond substituents is 1. The van der Waals surface area contributed by atoms with E-state index in [4.69, 9.17) is 0 Å². The Morgan fingerprint density at radius 1 is 1.24 bits per heavy atom. The maximum absolute atomic E-state index is 9.31. The molecule has 1 aliphatic heterocycles. The van der Waals surface area contributed by atoms with E-state index in [1.54, 1.807) is 12.1 Å². The Kier molecular flexibility index (Phi) is 4.43. The van der Waals surface area contributed by atoms with Crippen molar-refractivity contribution in [2.45, 2.75) is 6.42 Å². The fourth-order valence-corrected chi connectivity index (χ4v) is 1.87. The number of nitrogens with zero attached hydrogens (tertiary/aromatic N) is 1. The summed E-state index contributed by atoms with van der Waals surface area (Å²) in [5, 5.41) is 12.6. The second kappa shape index (κ2) is 6.29. The summed E-state index contributed by atoms with van der Waals surface area (Å²) in [6, 6.07) is 7.28. The van der Waals surface area contributed by atoms with Crippen molar-refractivity contribution in [3.8, 4) is 17.6 Å². The van der Waals surface area contributed by atoms with Crippen LogP contribution in [0, 0.1) is 11.8 Å². The molecule has 0 saturated carbocycles. The van der Waals surface area contributed by atoms with Crippen LogP contribution in [0.15, 0.2) is 24.3 Å². The van der Waals surface area contributed by atoms with E-state index in [2.05, 4.69) is 22.1 Å². The molecule has 0 spiro atoms. The molecule has 2 rings (SSSR count). The number of aromatic hydroxyl groups is 1. The molecule has 0 aromatic heterocycles. The van der Waals surface area contributed by atoms with Crippen molar-refractivity contribution in [3.05, 3.63) is 29.8 Å². The Bertz CT molecular complexity index is 414. The predicted octanol–water partition coefficient (Wildman–Crippen LogP) is 0.843. The molecule has 3 nitrogen and oxygen atoms in total. The molecule has 17 heavy (non-hydrogen) atoms. The maximum atomic E-state index is 9.31. The molecule has 3 heteroatoms. The minimum atomic E-state index is 0.311. The highest BCUT2D eigenvalue weighted by atomic mass is 16.3. The van der Waals surface area contributed by atoms with Crippen LogP contribution in [0.5, 0.6) is 5.75 Å². The van der Waals surface area contributed by atoms with Gasteiger partial charge in [0.05, 0.1) is 6.54 Å². The van der Waals surface area contributed by atoms with Crippen molar-refractivity contribution in [2.75, 3.05) is 32.7 Å². The van der Waals surface area contributed by atoms with Crippen LogP contribution >= 0.6 is 0 Å². The van der Waals surface area contributed by atoms with Crippen LogP contribution in [0.3, 0.4) is 0 Å². The molecule has 1 aromatic rings. The van der Waals surface area contributed by atoms with Gasteiger partial charge in [0.1, 0.15) is 5.75 Å². The van der Waals surface area contributed by atoms with Crippen molar-refractivity contribution in [3.63, 3.8) is 0 Å². The van der Waals surface area contributed by atoms with E-state index in [9.17, 15) is 5.11 Å². The quantitative estimate of drug-likeness (QED) is 0.739. The smallest absolute Gasteiger partial charge is 0.115 e. The molecule has 0 atom stereocenters. The Morgan fingerprint density at radius 2 is 2.06 bits per heavy atom. The van der Waals surface area contributed by atoms with Crippen LogP contribution in [-0.2, 0) is 6.42 Å². The third kappa shape index (κ3) is 4.10. The first-order valence-electron chi connectivity index (χ1n) is 6.01. The summed E-state index contributed by atoms with van der Waals surface area (Å²) >= 11 is 0. The van der Waals surface area contributed by atoms with E-state index >= 15 is 0 Å². The van der Waals surface area contributed by atoms with Crippen LogP contribution in [0.2, 0.25) is 0 Å². The fraction of sp³-hybridized carbons (Fsp3) is 0.429. The summed E-state index contributed by atoms with van der Waals surface area (Å²) in [7, 11) is 0. The minimum Gasteiger partial charge on any atom is -0.508 e. The van der Waals surface area contributed by atoms with Gasteiger partial charge in [0.2, 0.25) is 0 Å². The van der Waals surface area contributed by atoms with E-state index in [1.807, 2.05) is 12.1 Å². The molecule has 0 unspecified atom stereocenters. The number of hydrogen-bond donors (Lipinski definition) is 2. The zero-order chi connectivity index (χ0) is 11.9. The van der Waals surface area contributed by atoms with Gasteiger partial charge in [0.15, 0.2) is 0 Å². The van der Waals surface area contributed by atoms with Crippen molar-refractivity contribution >= 4 is 0 Å². The lowest BCUT2D eigenvalue weighted by Gasteiger charge is -2.24. The van der Waals surface area contributed by atoms with E-state index in [0.29, 0.717) is 12.2 Å². The van der Waals surface area contributed by atoms with Crippen LogP contribution in [-0.4, -0.2) is 42.7 Å². The van der Waals surface area contributed by atoms with Gasteiger partial charge in [0, 0.05) is 32.6 Å². The Labute approximate surface area is 102 Å². The third-order valence-corrected chi connectivity index (χ3v) is 2.84. The highest BCUT2D eigenvalue weighted by molar-refractivity contribution is 5.29. The average molecular weight is 230 g/mol. The molecule has 1 aromatic carbocycles. The summed E-state index contributed by atoms with van der Waals surface area (Å²) in [4.78, 5) is 2.35. The first kappa shape index (κ1) is 12.0. The molecule has 0 radical (unpaired) electrons. The second-order valence-electron chi connectivity index (χ2n) is 4.23. The van der Waals surface area contributed by atoms with Gasteiger partial charge in [-0.15, -0.1) is 0 Å². The topological polar surface area (TPSA) is 35.5 Å². The molecule has 0 aliphatic carbocycles. The predicted molar refractivity (Wildman–Crippen MR) is 68.9 cm³/mol. The molecular weight excluding hydrogens is 212 g/mol. The molecule has 90 valence electrons. The lowest BCUT2D eigenvalue weighted by Crippen LogP contribution is -2.43. The zero-order valence-corrected chi connectivity index (χ0v) is 9.95. The van der Waals surface area contributed by atoms with Crippen molar-refractivity contribution in [2.24, 2.45) is 0 Å². The summed E-state index contributed by atoms with van der Waals surface area (Å²) in [6.45, 7) is 5.14. The number of nitrogens with one attached hydrogen (secondary N) is 1. The van der Waals surface area contributed by atoms with E-state index in [0.717, 1.165) is 38.3 Å². The van der Waals surface area contributed by atoms with Gasteiger partial charge in [-0.25, -0.2) is 0 Å². The Balaban J connectivity index is 1.78. The summed E-state index contributed by atoms with van der Waals surface area (Å²) in [6.07, 6.45) is 0.709. The molecule has 1 heterocycles. The minimum absolute atomic E-state index is 0.311. The molecular formula is C14H18N2O. The van der Waals surface area contributed by atoms with E-state index in [-0.39, 0.29) is 0 Å². The van der Waals surface area contributed by atoms with Crippen molar-refractivity contribution in [1.82, 2.24) is 10.2 Å². The van der Waals surface area contributed by atoms with Crippen molar-refractivity contribution in [1.29, 1.82) is 0 Å². The number of benzene rings is 1. The van der Waals surface area contributed by atoms with Crippen molar-refractivity contribution < 1.29 is 5.11 Å². The third-order valence-electron chi connectivity index (χ3n) is 2.84. The van der Waals surface area contributed by atoms with Crippen LogP contribution in [0.1, 0.15) is 5.56 Å². The second-order valence-corrected chi connectivity index (χ2v) is 4.23. The highest BCUT2D eigenvalue weighted by Crippen LogP contribution is 2.10. The first-order chi connectivity index (χ1) is 8.34. The van der Waals surface area contributed by atoms with Gasteiger partial charge < -0.3 is 10.4 Å². The average Bonchev–Trinajstić information content (AvgIpc) is 2.36. The maximum Gasteiger partial charge on any atom is 0.115 e. The normalized spacial score (nSPS) is 16.2. The van der Waals surface area contributed by atoms with Gasteiger partial charge >= 0.3 is 0 Å². The van der Waals surface area contributed by atoms with E-state index in [1.165, 1.54) is 0 Å². The number of rotatable bonds is 2. The Morgan fingerprint density at radius 3 is 2.82 bits per heavy atom. The zero-order valence-electron chi connectivity index (χ0n) is 9.95. The molecule has 1 aliphatic rings. The SMILES string of the molecule is Oc1cccc(CC#CCN2CCNCC2)c1. The fourth-order valence-electron chi connectivity index (χ4n) is 1.87. The van der Waals surface area contributed by atoms with Crippen LogP contribution < -0.4 is 5.32 Å². The van der Waals surface area contributed by atoms with Gasteiger partial charge in [-0.2, -0.15) is 0 Å². The van der Waals surface area contributed by atoms with Gasteiger partial charge in [0.25, 0.3) is 0 Å². The summed E-state index contributed by atoms with van der Waals surface area (Å²) < 4.78 is 0. The standard InChI is InChI=1S/C14H18N2O/c17-14-6-3-5-13(12-14)4-1-2-9-16-10-7-15-8-11-16/h3,5-6,12,15,17H,4,7-11H2.